The number of hydrogen-bond donors (Lipinski definition) is 2. The lowest BCUT2D eigenvalue weighted by atomic mass is 10.0. The van der Waals surface area contributed by atoms with Gasteiger partial charge < -0.3 is 10.0 Å². The van der Waals surface area contributed by atoms with Crippen LogP contribution >= 0.6 is 11.3 Å². The van der Waals surface area contributed by atoms with Crippen LogP contribution < -0.4 is 0 Å². The summed E-state index contributed by atoms with van der Waals surface area (Å²) in [6.45, 7) is 4.94. The Balaban J connectivity index is 1.66. The Morgan fingerprint density at radius 1 is 1.48 bits per heavy atom. The predicted molar refractivity (Wildman–Crippen MR) is 81.5 cm³/mol. The van der Waals surface area contributed by atoms with E-state index in [1.54, 1.807) is 4.90 Å². The van der Waals surface area contributed by atoms with Crippen molar-refractivity contribution in [3.63, 3.8) is 0 Å². The average Bonchev–Trinajstić information content (AvgIpc) is 3.12. The van der Waals surface area contributed by atoms with E-state index >= 15 is 0 Å². The molecular formula is C15H19N3O2S. The minimum atomic E-state index is -0.480. The number of aromatic nitrogens is 2. The van der Waals surface area contributed by atoms with Crippen molar-refractivity contribution in [3.05, 3.63) is 39.3 Å². The Kier molecular flexibility index (Phi) is 3.82. The Morgan fingerprint density at radius 3 is 2.90 bits per heavy atom. The third-order valence-electron chi connectivity index (χ3n) is 3.88. The lowest BCUT2D eigenvalue weighted by Gasteiger charge is -2.14. The Hall–Kier alpha value is -1.66. The molecule has 0 radical (unpaired) electrons. The molecule has 1 saturated heterocycles. The van der Waals surface area contributed by atoms with E-state index in [2.05, 4.69) is 10.2 Å². The van der Waals surface area contributed by atoms with Gasteiger partial charge in [0.1, 0.15) is 0 Å². The van der Waals surface area contributed by atoms with Crippen LogP contribution in [-0.4, -0.2) is 45.3 Å². The Morgan fingerprint density at radius 2 is 2.29 bits per heavy atom. The van der Waals surface area contributed by atoms with Crippen LogP contribution in [0, 0.1) is 19.8 Å². The van der Waals surface area contributed by atoms with Crippen LogP contribution in [0.2, 0.25) is 0 Å². The number of amides is 1. The fourth-order valence-electron chi connectivity index (χ4n) is 2.77. The zero-order chi connectivity index (χ0) is 15.0. The molecule has 0 aromatic carbocycles. The van der Waals surface area contributed by atoms with E-state index in [-0.39, 0.29) is 11.8 Å². The predicted octanol–water partition coefficient (Wildman–Crippen LogP) is 1.76. The summed E-state index contributed by atoms with van der Waals surface area (Å²) in [5.41, 5.74) is 1.96. The van der Waals surface area contributed by atoms with E-state index in [1.807, 2.05) is 32.0 Å². The van der Waals surface area contributed by atoms with Crippen LogP contribution in [0.5, 0.6) is 0 Å². The van der Waals surface area contributed by atoms with Gasteiger partial charge in [-0.1, -0.05) is 0 Å². The summed E-state index contributed by atoms with van der Waals surface area (Å²) in [7, 11) is 0. The number of likely N-dealkylation sites (tertiary alicyclic amines) is 1. The van der Waals surface area contributed by atoms with Crippen LogP contribution in [0.3, 0.4) is 0 Å². The van der Waals surface area contributed by atoms with Gasteiger partial charge in [-0.05, 0) is 38.5 Å². The molecule has 21 heavy (non-hydrogen) atoms. The molecule has 2 atom stereocenters. The second kappa shape index (κ2) is 5.61. The molecule has 1 aliphatic rings. The second-order valence-electron chi connectivity index (χ2n) is 5.69. The highest BCUT2D eigenvalue weighted by molar-refractivity contribution is 7.13. The molecule has 6 heteroatoms. The van der Waals surface area contributed by atoms with Crippen LogP contribution in [0.4, 0.5) is 0 Å². The molecule has 1 aliphatic heterocycles. The first kappa shape index (κ1) is 14.3. The molecule has 0 aliphatic carbocycles. The number of nitrogens with one attached hydrogen (secondary N) is 1. The first-order valence-corrected chi connectivity index (χ1v) is 7.89. The number of carbonyl (C=O) groups is 1. The lowest BCUT2D eigenvalue weighted by molar-refractivity contribution is 0.0769. The van der Waals surface area contributed by atoms with Gasteiger partial charge in [-0.3, -0.25) is 9.89 Å². The maximum absolute atomic E-state index is 12.4. The Labute approximate surface area is 127 Å². The van der Waals surface area contributed by atoms with E-state index in [0.29, 0.717) is 19.5 Å². The normalized spacial score (nSPS) is 22.0. The fraction of sp³-hybridized carbons (Fsp3) is 0.467. The highest BCUT2D eigenvalue weighted by atomic mass is 32.1. The minimum Gasteiger partial charge on any atom is -0.391 e. The van der Waals surface area contributed by atoms with Gasteiger partial charge in [-0.2, -0.15) is 5.10 Å². The molecule has 0 bridgehead atoms. The molecule has 2 aromatic rings. The average molecular weight is 305 g/mol. The largest absolute Gasteiger partial charge is 0.391 e. The molecule has 2 N–H and O–H groups in total. The summed E-state index contributed by atoms with van der Waals surface area (Å²) in [4.78, 5) is 16.0. The molecule has 0 spiro atoms. The number of aliphatic hydroxyl groups excluding tert-OH is 1. The van der Waals surface area contributed by atoms with Gasteiger partial charge in [-0.25, -0.2) is 0 Å². The second-order valence-corrected chi connectivity index (χ2v) is 6.98. The van der Waals surface area contributed by atoms with Gasteiger partial charge in [0.05, 0.1) is 16.7 Å². The monoisotopic (exact) mass is 305 g/mol. The van der Waals surface area contributed by atoms with Crippen LogP contribution in [0.1, 0.15) is 25.9 Å². The first-order valence-electron chi connectivity index (χ1n) is 7.07. The summed E-state index contributed by atoms with van der Waals surface area (Å²) in [6.07, 6.45) is 0.214. The van der Waals surface area contributed by atoms with Crippen molar-refractivity contribution in [2.45, 2.75) is 26.4 Å². The van der Waals surface area contributed by atoms with Crippen LogP contribution in [-0.2, 0) is 6.42 Å². The quantitative estimate of drug-likeness (QED) is 0.908. The molecule has 1 fully saturated rings. The van der Waals surface area contributed by atoms with Gasteiger partial charge in [0.2, 0.25) is 0 Å². The topological polar surface area (TPSA) is 69.2 Å². The van der Waals surface area contributed by atoms with Crippen molar-refractivity contribution in [2.24, 2.45) is 5.92 Å². The highest BCUT2D eigenvalue weighted by Gasteiger charge is 2.35. The number of thiophene rings is 1. The van der Waals surface area contributed by atoms with Gasteiger partial charge in [0.15, 0.2) is 0 Å². The smallest absolute Gasteiger partial charge is 0.264 e. The summed E-state index contributed by atoms with van der Waals surface area (Å²) in [5, 5.41) is 17.3. The fourth-order valence-corrected chi connectivity index (χ4v) is 3.61. The lowest BCUT2D eigenvalue weighted by Crippen LogP contribution is -2.28. The van der Waals surface area contributed by atoms with Crippen molar-refractivity contribution in [1.29, 1.82) is 0 Å². The minimum absolute atomic E-state index is 0.0212. The number of aliphatic hydroxyl groups is 1. The summed E-state index contributed by atoms with van der Waals surface area (Å²) in [6, 6.07) is 5.80. The third-order valence-corrected chi connectivity index (χ3v) is 4.86. The maximum Gasteiger partial charge on any atom is 0.264 e. The molecule has 0 unspecified atom stereocenters. The van der Waals surface area contributed by atoms with Crippen molar-refractivity contribution in [3.8, 4) is 0 Å². The summed E-state index contributed by atoms with van der Waals surface area (Å²) >= 11 is 1.50. The number of hydrogen-bond acceptors (Lipinski definition) is 4. The summed E-state index contributed by atoms with van der Waals surface area (Å²) in [5.74, 6) is 0.0746. The van der Waals surface area contributed by atoms with Crippen molar-refractivity contribution in [2.75, 3.05) is 13.1 Å². The van der Waals surface area contributed by atoms with Gasteiger partial charge in [-0.15, -0.1) is 11.3 Å². The molecule has 5 nitrogen and oxygen atoms in total. The molecule has 3 heterocycles. The Bertz CT molecular complexity index is 649. The number of β-amino-alcohol motifs (C(OH)–C–C–N with tert-alkyl or cyclic N) is 1. The molecule has 2 aromatic heterocycles. The molecule has 1 amide bonds. The molecule has 0 saturated carbocycles. The number of aryl methyl sites for hydroxylation is 2. The van der Waals surface area contributed by atoms with E-state index < -0.39 is 6.10 Å². The zero-order valence-corrected chi connectivity index (χ0v) is 13.0. The van der Waals surface area contributed by atoms with Gasteiger partial charge in [0, 0.05) is 29.6 Å². The standard InChI is InChI=1S/C15H19N3O2S/c1-9-5-12(17-16-9)6-11-7-18(8-13(11)19)15(20)14-4-3-10(2)21-14/h3-5,11,13,19H,6-8H2,1-2H3,(H,16,17)/t11-,13+/m1/s1. The van der Waals surface area contributed by atoms with Crippen molar-refractivity contribution >= 4 is 17.2 Å². The number of H-pyrrole nitrogens is 1. The van der Waals surface area contributed by atoms with E-state index in [9.17, 15) is 9.90 Å². The van der Waals surface area contributed by atoms with Crippen molar-refractivity contribution < 1.29 is 9.90 Å². The van der Waals surface area contributed by atoms with Gasteiger partial charge >= 0.3 is 0 Å². The molecule has 3 rings (SSSR count). The number of carbonyl (C=O) groups excluding carboxylic acids is 1. The van der Waals surface area contributed by atoms with Crippen molar-refractivity contribution in [1.82, 2.24) is 15.1 Å². The number of rotatable bonds is 3. The van der Waals surface area contributed by atoms with Crippen LogP contribution in [0.25, 0.3) is 0 Å². The first-order chi connectivity index (χ1) is 10.0. The number of nitrogens with zero attached hydrogens (tertiary/aromatic N) is 2. The maximum atomic E-state index is 12.4. The van der Waals surface area contributed by atoms with E-state index in [1.165, 1.54) is 11.3 Å². The third kappa shape index (κ3) is 3.01. The van der Waals surface area contributed by atoms with Gasteiger partial charge in [0.25, 0.3) is 5.91 Å². The number of aromatic amines is 1. The molecule has 112 valence electrons. The van der Waals surface area contributed by atoms with E-state index in [4.69, 9.17) is 0 Å². The SMILES string of the molecule is Cc1cc(C[C@@H]2CN(C(=O)c3ccc(C)s3)C[C@@H]2O)n[nH]1. The molecular weight excluding hydrogens is 286 g/mol. The summed E-state index contributed by atoms with van der Waals surface area (Å²) < 4.78 is 0. The zero-order valence-electron chi connectivity index (χ0n) is 12.2. The van der Waals surface area contributed by atoms with E-state index in [0.717, 1.165) is 21.1 Å². The van der Waals surface area contributed by atoms with Crippen LogP contribution in [0.15, 0.2) is 18.2 Å². The highest BCUT2D eigenvalue weighted by Crippen LogP contribution is 2.25.